The van der Waals surface area contributed by atoms with Gasteiger partial charge in [0.05, 0.1) is 12.9 Å². The lowest BCUT2D eigenvalue weighted by Crippen LogP contribution is -2.13. The molecule has 0 spiro atoms. The van der Waals surface area contributed by atoms with Gasteiger partial charge in [-0.2, -0.15) is 0 Å². The van der Waals surface area contributed by atoms with E-state index in [-0.39, 0.29) is 5.91 Å². The van der Waals surface area contributed by atoms with Crippen LogP contribution in [0.5, 0.6) is 17.2 Å². The fraction of sp³-hybridized carbons (Fsp3) is 0.154. The molecule has 0 saturated carbocycles. The predicted octanol–water partition coefficient (Wildman–Crippen LogP) is 4.98. The fourth-order valence-electron chi connectivity index (χ4n) is 3.20. The van der Waals surface area contributed by atoms with E-state index in [2.05, 4.69) is 10.3 Å². The van der Waals surface area contributed by atoms with Crippen LogP contribution in [0.3, 0.4) is 0 Å². The molecule has 0 aliphatic heterocycles. The molecular formula is C26H25N3O4. The molecule has 0 saturated heterocycles. The molecule has 7 heteroatoms. The molecule has 0 aliphatic carbocycles. The third kappa shape index (κ3) is 5.92. The van der Waals surface area contributed by atoms with Crippen molar-refractivity contribution in [1.82, 2.24) is 9.55 Å². The second-order valence-corrected chi connectivity index (χ2v) is 7.08. The van der Waals surface area contributed by atoms with E-state index >= 15 is 0 Å². The first kappa shape index (κ1) is 22.0. The number of benzene rings is 3. The Balaban J connectivity index is 1.37. The quantitative estimate of drug-likeness (QED) is 0.350. The first-order valence-corrected chi connectivity index (χ1v) is 10.7. The molecule has 0 unspecified atom stereocenters. The largest absolute Gasteiger partial charge is 0.490 e. The molecule has 0 aliphatic rings. The van der Waals surface area contributed by atoms with Crippen molar-refractivity contribution in [2.24, 2.45) is 0 Å². The first-order chi connectivity index (χ1) is 16.2. The van der Waals surface area contributed by atoms with E-state index in [1.165, 1.54) is 0 Å². The summed E-state index contributed by atoms with van der Waals surface area (Å²) in [6.45, 7) is 3.09. The van der Waals surface area contributed by atoms with Crippen molar-refractivity contribution in [3.05, 3.63) is 97.1 Å². The molecular weight excluding hydrogens is 418 g/mol. The maximum absolute atomic E-state index is 12.8. The highest BCUT2D eigenvalue weighted by Crippen LogP contribution is 2.29. The van der Waals surface area contributed by atoms with Crippen molar-refractivity contribution in [1.29, 1.82) is 0 Å². The van der Waals surface area contributed by atoms with Crippen LogP contribution in [-0.4, -0.2) is 35.3 Å². The minimum absolute atomic E-state index is 0.231. The lowest BCUT2D eigenvalue weighted by molar-refractivity contribution is 0.102. The van der Waals surface area contributed by atoms with E-state index < -0.39 is 0 Å². The van der Waals surface area contributed by atoms with Crippen LogP contribution in [0.4, 0.5) is 5.69 Å². The zero-order valence-corrected chi connectivity index (χ0v) is 18.3. The molecule has 0 atom stereocenters. The third-order valence-corrected chi connectivity index (χ3v) is 4.79. The van der Waals surface area contributed by atoms with Crippen molar-refractivity contribution in [2.45, 2.75) is 6.92 Å². The Labute approximate surface area is 192 Å². The van der Waals surface area contributed by atoms with Crippen molar-refractivity contribution in [3.63, 3.8) is 0 Å². The molecule has 1 heterocycles. The molecule has 3 aromatic carbocycles. The molecule has 0 bridgehead atoms. The first-order valence-electron chi connectivity index (χ1n) is 10.7. The molecule has 4 aromatic rings. The van der Waals surface area contributed by atoms with E-state index in [0.29, 0.717) is 42.6 Å². The lowest BCUT2D eigenvalue weighted by Gasteiger charge is -2.14. The molecule has 7 nitrogen and oxygen atoms in total. The Hall–Kier alpha value is -4.26. The van der Waals surface area contributed by atoms with Gasteiger partial charge in [0, 0.05) is 29.3 Å². The Bertz CT molecular complexity index is 1160. The fourth-order valence-corrected chi connectivity index (χ4v) is 3.20. The summed E-state index contributed by atoms with van der Waals surface area (Å²) in [5.41, 5.74) is 2.13. The number of para-hydroxylation sites is 1. The van der Waals surface area contributed by atoms with Gasteiger partial charge in [0.2, 0.25) is 0 Å². The average molecular weight is 444 g/mol. The van der Waals surface area contributed by atoms with Gasteiger partial charge in [-0.25, -0.2) is 4.98 Å². The topological polar surface area (TPSA) is 74.6 Å². The van der Waals surface area contributed by atoms with Crippen LogP contribution >= 0.6 is 0 Å². The van der Waals surface area contributed by atoms with Gasteiger partial charge in [-0.1, -0.05) is 18.2 Å². The van der Waals surface area contributed by atoms with E-state index in [9.17, 15) is 4.79 Å². The monoisotopic (exact) mass is 443 g/mol. The SMILES string of the molecule is CCOc1cc(C(=O)Nc2ccc(-n3ccnc3)cc2)ccc1OCCOc1ccccc1. The van der Waals surface area contributed by atoms with Crippen LogP contribution in [0.1, 0.15) is 17.3 Å². The smallest absolute Gasteiger partial charge is 0.255 e. The van der Waals surface area contributed by atoms with Crippen LogP contribution in [0.2, 0.25) is 0 Å². The number of aromatic nitrogens is 2. The number of anilines is 1. The second kappa shape index (κ2) is 10.9. The summed E-state index contributed by atoms with van der Waals surface area (Å²) in [5, 5.41) is 2.91. The number of ether oxygens (including phenoxy) is 3. The number of rotatable bonds is 10. The van der Waals surface area contributed by atoms with Crippen LogP contribution in [0.25, 0.3) is 5.69 Å². The summed E-state index contributed by atoms with van der Waals surface area (Å²) in [6, 6.07) is 22.2. The van der Waals surface area contributed by atoms with Crippen LogP contribution < -0.4 is 19.5 Å². The zero-order valence-electron chi connectivity index (χ0n) is 18.3. The van der Waals surface area contributed by atoms with E-state index in [0.717, 1.165) is 11.4 Å². The van der Waals surface area contributed by atoms with Gasteiger partial charge in [0.15, 0.2) is 11.5 Å². The van der Waals surface area contributed by atoms with Crippen LogP contribution in [0, 0.1) is 0 Å². The molecule has 4 rings (SSSR count). The van der Waals surface area contributed by atoms with Crippen molar-refractivity contribution in [3.8, 4) is 22.9 Å². The Morgan fingerprint density at radius 3 is 2.42 bits per heavy atom. The maximum atomic E-state index is 12.8. The van der Waals surface area contributed by atoms with Crippen LogP contribution in [0.15, 0.2) is 91.5 Å². The Morgan fingerprint density at radius 2 is 1.70 bits per heavy atom. The van der Waals surface area contributed by atoms with Gasteiger partial charge in [0.25, 0.3) is 5.91 Å². The van der Waals surface area contributed by atoms with Crippen molar-refractivity contribution in [2.75, 3.05) is 25.1 Å². The van der Waals surface area contributed by atoms with E-state index in [1.807, 2.05) is 72.3 Å². The van der Waals surface area contributed by atoms with Crippen molar-refractivity contribution < 1.29 is 19.0 Å². The Morgan fingerprint density at radius 1 is 0.909 bits per heavy atom. The van der Waals surface area contributed by atoms with Gasteiger partial charge < -0.3 is 24.1 Å². The number of hydrogen-bond acceptors (Lipinski definition) is 5. The molecule has 1 N–H and O–H groups in total. The van der Waals surface area contributed by atoms with Crippen LogP contribution in [-0.2, 0) is 0 Å². The highest BCUT2D eigenvalue weighted by atomic mass is 16.5. The highest BCUT2D eigenvalue weighted by Gasteiger charge is 2.12. The van der Waals surface area contributed by atoms with Crippen molar-refractivity contribution >= 4 is 11.6 Å². The summed E-state index contributed by atoms with van der Waals surface area (Å²) >= 11 is 0. The predicted molar refractivity (Wildman–Crippen MR) is 127 cm³/mol. The standard InChI is InChI=1S/C26H25N3O4/c1-2-31-25-18-20(8-13-24(25)33-17-16-32-23-6-4-3-5-7-23)26(30)28-21-9-11-22(12-10-21)29-15-14-27-19-29/h3-15,18-19H,2,16-17H2,1H3,(H,28,30). The van der Waals surface area contributed by atoms with Gasteiger partial charge >= 0.3 is 0 Å². The molecule has 1 aromatic heterocycles. The Kier molecular flexibility index (Phi) is 7.22. The number of nitrogens with one attached hydrogen (secondary N) is 1. The average Bonchev–Trinajstić information content (AvgIpc) is 3.39. The second-order valence-electron chi connectivity index (χ2n) is 7.08. The molecule has 33 heavy (non-hydrogen) atoms. The highest BCUT2D eigenvalue weighted by molar-refractivity contribution is 6.04. The van der Waals surface area contributed by atoms with Gasteiger partial charge in [-0.15, -0.1) is 0 Å². The number of nitrogens with zero attached hydrogens (tertiary/aromatic N) is 2. The number of hydrogen-bond donors (Lipinski definition) is 1. The van der Waals surface area contributed by atoms with Gasteiger partial charge in [0.1, 0.15) is 19.0 Å². The van der Waals surface area contributed by atoms with Gasteiger partial charge in [-0.05, 0) is 61.5 Å². The minimum Gasteiger partial charge on any atom is -0.490 e. The maximum Gasteiger partial charge on any atom is 0.255 e. The third-order valence-electron chi connectivity index (χ3n) is 4.79. The zero-order chi connectivity index (χ0) is 22.9. The molecule has 1 amide bonds. The molecule has 0 fully saturated rings. The number of amides is 1. The van der Waals surface area contributed by atoms with E-state index in [4.69, 9.17) is 14.2 Å². The number of carbonyl (C=O) groups is 1. The molecule has 168 valence electrons. The summed E-state index contributed by atoms with van der Waals surface area (Å²) in [7, 11) is 0. The summed E-state index contributed by atoms with van der Waals surface area (Å²) in [6.07, 6.45) is 5.30. The number of imidazole rings is 1. The van der Waals surface area contributed by atoms with E-state index in [1.54, 1.807) is 30.7 Å². The minimum atomic E-state index is -0.231. The lowest BCUT2D eigenvalue weighted by atomic mass is 10.1. The normalized spacial score (nSPS) is 10.5. The summed E-state index contributed by atoms with van der Waals surface area (Å²) in [5.74, 6) is 1.64. The summed E-state index contributed by atoms with van der Waals surface area (Å²) < 4.78 is 19.1. The number of carbonyl (C=O) groups excluding carboxylic acids is 1. The van der Waals surface area contributed by atoms with Gasteiger partial charge in [-0.3, -0.25) is 4.79 Å². The summed E-state index contributed by atoms with van der Waals surface area (Å²) in [4.78, 5) is 16.8. The molecule has 0 radical (unpaired) electrons.